The molecule has 0 aliphatic heterocycles. The van der Waals surface area contributed by atoms with E-state index in [1.54, 1.807) is 12.7 Å². The van der Waals surface area contributed by atoms with Crippen molar-refractivity contribution in [3.63, 3.8) is 0 Å². The van der Waals surface area contributed by atoms with Crippen LogP contribution in [0.5, 0.6) is 0 Å². The van der Waals surface area contributed by atoms with Crippen LogP contribution in [0.1, 0.15) is 12.5 Å². The van der Waals surface area contributed by atoms with Gasteiger partial charge in [-0.25, -0.2) is 4.98 Å². The van der Waals surface area contributed by atoms with Gasteiger partial charge in [-0.2, -0.15) is 0 Å². The Balaban J connectivity index is 2.00. The van der Waals surface area contributed by atoms with Gasteiger partial charge in [0, 0.05) is 0 Å². The van der Waals surface area contributed by atoms with Gasteiger partial charge in [-0.1, -0.05) is 40.0 Å². The van der Waals surface area contributed by atoms with Gasteiger partial charge in [-0.3, -0.25) is 4.57 Å². The van der Waals surface area contributed by atoms with E-state index in [-0.39, 0.29) is 0 Å². The number of fused-ring (bicyclic) bond motifs is 1. The Morgan fingerprint density at radius 2 is 2.05 bits per heavy atom. The van der Waals surface area contributed by atoms with Crippen LogP contribution >= 0.6 is 0 Å². The number of hydrogen-bond acceptors (Lipinski definition) is 4. The van der Waals surface area contributed by atoms with Crippen LogP contribution in [0.15, 0.2) is 43.0 Å². The third-order valence-corrected chi connectivity index (χ3v) is 3.04. The van der Waals surface area contributed by atoms with E-state index in [1.165, 1.54) is 10.3 Å². The second kappa shape index (κ2) is 5.16. The van der Waals surface area contributed by atoms with Crippen LogP contribution < -0.4 is 15.3 Å². The number of rotatable bonds is 4. The minimum Gasteiger partial charge on any atom is -0.357 e. The fourth-order valence-electron chi connectivity index (χ4n) is 2.10. The average molecular weight is 270 g/mol. The van der Waals surface area contributed by atoms with Crippen LogP contribution in [0.25, 0.3) is 11.2 Å². The Hall–Kier alpha value is -2.63. The summed E-state index contributed by atoms with van der Waals surface area (Å²) < 4.78 is 3.42. The van der Waals surface area contributed by atoms with Gasteiger partial charge in [-0.15, -0.1) is 0 Å². The van der Waals surface area contributed by atoms with Crippen molar-refractivity contribution in [3.8, 4) is 0 Å². The predicted octanol–water partition coefficient (Wildman–Crippen LogP) is 0.798. The van der Waals surface area contributed by atoms with Crippen molar-refractivity contribution in [1.29, 1.82) is 0 Å². The van der Waals surface area contributed by atoms with E-state index in [9.17, 15) is 0 Å². The first-order valence-electron chi connectivity index (χ1n) is 6.47. The predicted molar refractivity (Wildman–Crippen MR) is 74.8 cm³/mol. The molecule has 0 bridgehead atoms. The van der Waals surface area contributed by atoms with E-state index in [0.717, 1.165) is 5.65 Å². The zero-order valence-electron chi connectivity index (χ0n) is 11.2. The Kier molecular flexibility index (Phi) is 3.20. The number of hydrogen-bond donors (Lipinski definition) is 1. The molecule has 0 aliphatic rings. The average Bonchev–Trinajstić information content (AvgIpc) is 2.87. The van der Waals surface area contributed by atoms with Crippen molar-refractivity contribution in [2.24, 2.45) is 0 Å². The summed E-state index contributed by atoms with van der Waals surface area (Å²) in [5.74, 6) is 0.462. The van der Waals surface area contributed by atoms with E-state index in [4.69, 9.17) is 10.6 Å². The molecule has 3 aromatic rings. The molecule has 0 unspecified atom stereocenters. The van der Waals surface area contributed by atoms with E-state index < -0.39 is 0 Å². The van der Waals surface area contributed by atoms with Crippen LogP contribution in [0.4, 0.5) is 5.82 Å². The van der Waals surface area contributed by atoms with Gasteiger partial charge in [0.2, 0.25) is 11.2 Å². The Morgan fingerprint density at radius 1 is 1.25 bits per heavy atom. The lowest BCUT2D eigenvalue weighted by molar-refractivity contribution is -0.880. The van der Waals surface area contributed by atoms with E-state index in [1.807, 2.05) is 29.7 Å². The Morgan fingerprint density at radius 3 is 2.80 bits per heavy atom. The number of nitrogens with two attached hydrogens (primary N) is 1. The molecule has 0 aliphatic carbocycles. The number of nitrogen functional groups attached to an aromatic ring is 1. The Bertz CT molecular complexity index is 723. The van der Waals surface area contributed by atoms with E-state index in [2.05, 4.69) is 22.1 Å². The molecule has 0 spiro atoms. The van der Waals surface area contributed by atoms with E-state index >= 15 is 0 Å². The third-order valence-electron chi connectivity index (χ3n) is 3.04. The summed E-state index contributed by atoms with van der Waals surface area (Å²) >= 11 is 0. The molecule has 102 valence electrons. The van der Waals surface area contributed by atoms with Gasteiger partial charge in [0.05, 0.1) is 12.9 Å². The highest BCUT2D eigenvalue weighted by Crippen LogP contribution is 2.14. The molecule has 0 amide bonds. The maximum atomic E-state index is 6.03. The summed E-state index contributed by atoms with van der Waals surface area (Å²) in [7, 11) is 0. The molecule has 2 aromatic heterocycles. The van der Waals surface area contributed by atoms with Crippen molar-refractivity contribution in [2.45, 2.75) is 13.5 Å². The summed E-state index contributed by atoms with van der Waals surface area (Å²) in [6, 6.07) is 10.2. The lowest BCUT2D eigenvalue weighted by Crippen LogP contribution is -2.45. The SMILES string of the molecule is CCO[n+]1cnc2c(ncn2Cc2ccccc2)c1N. The zero-order chi connectivity index (χ0) is 13.9. The zero-order valence-corrected chi connectivity index (χ0v) is 11.2. The fourth-order valence-corrected chi connectivity index (χ4v) is 2.10. The minimum atomic E-state index is 0.462. The van der Waals surface area contributed by atoms with E-state index in [0.29, 0.717) is 24.5 Å². The molecule has 0 fully saturated rings. The van der Waals surface area contributed by atoms with Gasteiger partial charge in [0.25, 0.3) is 12.1 Å². The summed E-state index contributed by atoms with van der Waals surface area (Å²) in [5, 5.41) is 0. The summed E-state index contributed by atoms with van der Waals surface area (Å²) in [6.45, 7) is 3.12. The number of anilines is 1. The normalized spacial score (nSPS) is 10.8. The number of benzene rings is 1. The highest BCUT2D eigenvalue weighted by molar-refractivity contribution is 5.79. The molecule has 2 heterocycles. The number of imidazole rings is 1. The topological polar surface area (TPSA) is 69.8 Å². The largest absolute Gasteiger partial charge is 0.357 e. The lowest BCUT2D eigenvalue weighted by Gasteiger charge is -2.04. The smallest absolute Gasteiger partial charge is 0.289 e. The van der Waals surface area contributed by atoms with Crippen molar-refractivity contribution < 1.29 is 9.57 Å². The highest BCUT2D eigenvalue weighted by Gasteiger charge is 2.17. The first-order valence-corrected chi connectivity index (χ1v) is 6.47. The monoisotopic (exact) mass is 270 g/mol. The summed E-state index contributed by atoms with van der Waals surface area (Å²) in [5.41, 5.74) is 8.62. The second-order valence-electron chi connectivity index (χ2n) is 4.40. The molecule has 0 radical (unpaired) electrons. The molecule has 0 atom stereocenters. The molecular formula is C14H16N5O+. The van der Waals surface area contributed by atoms with Crippen LogP contribution in [0.3, 0.4) is 0 Å². The van der Waals surface area contributed by atoms with Crippen LogP contribution in [0, 0.1) is 0 Å². The molecular weight excluding hydrogens is 254 g/mol. The molecule has 2 N–H and O–H groups in total. The maximum absolute atomic E-state index is 6.03. The number of aromatic nitrogens is 4. The second-order valence-corrected chi connectivity index (χ2v) is 4.40. The Labute approximate surface area is 116 Å². The molecule has 6 heteroatoms. The molecule has 20 heavy (non-hydrogen) atoms. The van der Waals surface area contributed by atoms with Gasteiger partial charge >= 0.3 is 0 Å². The summed E-state index contributed by atoms with van der Waals surface area (Å²) in [4.78, 5) is 14.1. The van der Waals surface area contributed by atoms with Crippen LogP contribution in [-0.4, -0.2) is 21.1 Å². The molecule has 6 nitrogen and oxygen atoms in total. The van der Waals surface area contributed by atoms with Crippen LogP contribution in [0.2, 0.25) is 0 Å². The molecule has 0 saturated carbocycles. The first-order chi connectivity index (χ1) is 9.79. The van der Waals surface area contributed by atoms with Gasteiger partial charge < -0.3 is 10.6 Å². The van der Waals surface area contributed by atoms with Crippen LogP contribution in [-0.2, 0) is 6.54 Å². The van der Waals surface area contributed by atoms with Crippen molar-refractivity contribution in [3.05, 3.63) is 48.5 Å². The quantitative estimate of drug-likeness (QED) is 0.712. The van der Waals surface area contributed by atoms with Gasteiger partial charge in [-0.05, 0) is 12.5 Å². The number of nitrogens with zero attached hydrogens (tertiary/aromatic N) is 4. The first kappa shape index (κ1) is 12.4. The lowest BCUT2D eigenvalue weighted by atomic mass is 10.2. The van der Waals surface area contributed by atoms with Crippen molar-refractivity contribution in [2.75, 3.05) is 12.3 Å². The standard InChI is InChI=1S/C14H15N5O/c1-2-20-19-10-17-14-12(13(19)15)16-9-18(14)8-11-6-4-3-5-7-11/h3-7,9-10,15H,2,8H2,1H3/p+1. The van der Waals surface area contributed by atoms with Gasteiger partial charge in [0.1, 0.15) is 6.61 Å². The van der Waals surface area contributed by atoms with Crippen molar-refractivity contribution >= 4 is 17.0 Å². The third kappa shape index (κ3) is 2.16. The minimum absolute atomic E-state index is 0.462. The fraction of sp³-hybridized carbons (Fsp3) is 0.214. The summed E-state index contributed by atoms with van der Waals surface area (Å²) in [6.07, 6.45) is 3.32. The van der Waals surface area contributed by atoms with Crippen molar-refractivity contribution in [1.82, 2.24) is 14.5 Å². The maximum Gasteiger partial charge on any atom is 0.289 e. The molecule has 0 saturated heterocycles. The molecule has 3 rings (SSSR count). The van der Waals surface area contributed by atoms with Gasteiger partial charge in [0.15, 0.2) is 0 Å². The highest BCUT2D eigenvalue weighted by atomic mass is 16.7. The molecule has 1 aromatic carbocycles.